The smallest absolute Gasteiger partial charge is 0.222 e. The maximum atomic E-state index is 12.5. The van der Waals surface area contributed by atoms with E-state index in [2.05, 4.69) is 19.6 Å². The Morgan fingerprint density at radius 2 is 2.32 bits per heavy atom. The molecule has 3 rings (SSSR count). The molecule has 1 aliphatic rings. The molecule has 0 radical (unpaired) electrons. The van der Waals surface area contributed by atoms with Crippen LogP contribution in [-0.4, -0.2) is 61.9 Å². The van der Waals surface area contributed by atoms with Gasteiger partial charge in [-0.15, -0.1) is 0 Å². The Hall–Kier alpha value is -2.22. The van der Waals surface area contributed by atoms with Crippen LogP contribution >= 0.6 is 0 Å². The van der Waals surface area contributed by atoms with Gasteiger partial charge in [0.15, 0.2) is 0 Å². The third-order valence-electron chi connectivity index (χ3n) is 4.67. The van der Waals surface area contributed by atoms with Gasteiger partial charge in [-0.05, 0) is 19.3 Å². The van der Waals surface area contributed by atoms with Crippen LogP contribution in [0, 0.1) is 0 Å². The van der Waals surface area contributed by atoms with Crippen LogP contribution in [0.4, 0.5) is 0 Å². The second-order valence-corrected chi connectivity index (χ2v) is 6.41. The SMILES string of the molecule is COCCn1ccnc1[C@@H]1CCCN(C(=O)CCCn2cncn2)C1. The predicted molar refractivity (Wildman–Crippen MR) is 91.9 cm³/mol. The van der Waals surface area contributed by atoms with E-state index in [0.717, 1.165) is 51.3 Å². The summed E-state index contributed by atoms with van der Waals surface area (Å²) in [5.74, 6) is 1.59. The number of carbonyl (C=O) groups excluding carboxylic acids is 1. The van der Waals surface area contributed by atoms with Crippen LogP contribution in [0.3, 0.4) is 0 Å². The van der Waals surface area contributed by atoms with Crippen LogP contribution in [0.1, 0.15) is 37.4 Å². The van der Waals surface area contributed by atoms with E-state index < -0.39 is 0 Å². The summed E-state index contributed by atoms with van der Waals surface area (Å²) in [6, 6.07) is 0. The van der Waals surface area contributed by atoms with Crippen molar-refractivity contribution in [3.05, 3.63) is 30.9 Å². The molecule has 25 heavy (non-hydrogen) atoms. The number of likely N-dealkylation sites (tertiary alicyclic amines) is 1. The Morgan fingerprint density at radius 1 is 1.40 bits per heavy atom. The molecule has 136 valence electrons. The van der Waals surface area contributed by atoms with Crippen LogP contribution in [0.15, 0.2) is 25.0 Å². The Morgan fingerprint density at radius 3 is 3.12 bits per heavy atom. The molecule has 0 saturated carbocycles. The highest BCUT2D eigenvalue weighted by Crippen LogP contribution is 2.26. The van der Waals surface area contributed by atoms with E-state index in [1.807, 2.05) is 17.3 Å². The Labute approximate surface area is 147 Å². The van der Waals surface area contributed by atoms with Gasteiger partial charge in [-0.25, -0.2) is 9.97 Å². The highest BCUT2D eigenvalue weighted by molar-refractivity contribution is 5.76. The highest BCUT2D eigenvalue weighted by Gasteiger charge is 2.27. The number of hydrogen-bond acceptors (Lipinski definition) is 5. The summed E-state index contributed by atoms with van der Waals surface area (Å²) < 4.78 is 9.08. The molecular formula is C17H26N6O2. The predicted octanol–water partition coefficient (Wildman–Crippen LogP) is 1.31. The van der Waals surface area contributed by atoms with Crippen molar-refractivity contribution in [1.29, 1.82) is 0 Å². The maximum Gasteiger partial charge on any atom is 0.222 e. The third kappa shape index (κ3) is 4.66. The summed E-state index contributed by atoms with van der Waals surface area (Å²) in [6.45, 7) is 3.79. The Bertz CT molecular complexity index is 654. The highest BCUT2D eigenvalue weighted by atomic mass is 16.5. The average Bonchev–Trinajstić information content (AvgIpc) is 3.31. The molecular weight excluding hydrogens is 320 g/mol. The molecule has 0 unspecified atom stereocenters. The molecule has 3 heterocycles. The van der Waals surface area contributed by atoms with E-state index in [4.69, 9.17) is 4.74 Å². The second-order valence-electron chi connectivity index (χ2n) is 6.41. The number of methoxy groups -OCH3 is 1. The first-order valence-electron chi connectivity index (χ1n) is 8.88. The molecule has 2 aromatic rings. The number of ether oxygens (including phenoxy) is 1. The third-order valence-corrected chi connectivity index (χ3v) is 4.67. The molecule has 0 bridgehead atoms. The Balaban J connectivity index is 1.52. The number of amides is 1. The van der Waals surface area contributed by atoms with Gasteiger partial charge in [0.05, 0.1) is 6.61 Å². The van der Waals surface area contributed by atoms with Gasteiger partial charge in [-0.2, -0.15) is 5.10 Å². The number of aryl methyl sites for hydroxylation is 1. The van der Waals surface area contributed by atoms with Crippen molar-refractivity contribution in [2.75, 3.05) is 26.8 Å². The molecule has 8 nitrogen and oxygen atoms in total. The van der Waals surface area contributed by atoms with Gasteiger partial charge in [0.25, 0.3) is 0 Å². The van der Waals surface area contributed by atoms with Crippen molar-refractivity contribution in [2.24, 2.45) is 0 Å². The van der Waals surface area contributed by atoms with Gasteiger partial charge in [0, 0.05) is 58.0 Å². The van der Waals surface area contributed by atoms with Crippen molar-refractivity contribution in [3.63, 3.8) is 0 Å². The van der Waals surface area contributed by atoms with Crippen molar-refractivity contribution in [1.82, 2.24) is 29.2 Å². The van der Waals surface area contributed by atoms with Crippen molar-refractivity contribution < 1.29 is 9.53 Å². The molecule has 0 aliphatic carbocycles. The van der Waals surface area contributed by atoms with Crippen LogP contribution in [0.2, 0.25) is 0 Å². The van der Waals surface area contributed by atoms with Gasteiger partial charge in [0.2, 0.25) is 5.91 Å². The molecule has 2 aromatic heterocycles. The van der Waals surface area contributed by atoms with Gasteiger partial charge >= 0.3 is 0 Å². The second kappa shape index (κ2) is 8.75. The van der Waals surface area contributed by atoms with Gasteiger partial charge in [-0.3, -0.25) is 9.48 Å². The standard InChI is InChI=1S/C17H26N6O2/c1-25-11-10-21-9-6-19-17(21)15-4-2-7-22(12-15)16(24)5-3-8-23-14-18-13-20-23/h6,9,13-15H,2-5,7-8,10-12H2,1H3/t15-/m1/s1. The van der Waals surface area contributed by atoms with E-state index in [-0.39, 0.29) is 5.91 Å². The summed E-state index contributed by atoms with van der Waals surface area (Å²) in [5, 5.41) is 4.06. The van der Waals surface area contributed by atoms with Crippen LogP contribution in [0.25, 0.3) is 0 Å². The number of aromatic nitrogens is 5. The zero-order valence-electron chi connectivity index (χ0n) is 14.8. The molecule has 1 saturated heterocycles. The zero-order chi connectivity index (χ0) is 17.5. The van der Waals surface area contributed by atoms with Crippen molar-refractivity contribution in [2.45, 2.75) is 44.7 Å². The summed E-state index contributed by atoms with van der Waals surface area (Å²) in [5.41, 5.74) is 0. The topological polar surface area (TPSA) is 78.1 Å². The fraction of sp³-hybridized carbons (Fsp3) is 0.647. The fourth-order valence-corrected chi connectivity index (χ4v) is 3.37. The average molecular weight is 346 g/mol. The van der Waals surface area contributed by atoms with E-state index in [1.165, 1.54) is 6.33 Å². The lowest BCUT2D eigenvalue weighted by Crippen LogP contribution is -2.39. The number of imidazole rings is 1. The first-order valence-corrected chi connectivity index (χ1v) is 8.88. The van der Waals surface area contributed by atoms with Gasteiger partial charge in [-0.1, -0.05) is 0 Å². The van der Waals surface area contributed by atoms with Crippen LogP contribution in [0.5, 0.6) is 0 Å². The number of nitrogens with zero attached hydrogens (tertiary/aromatic N) is 6. The summed E-state index contributed by atoms with van der Waals surface area (Å²) in [6.07, 6.45) is 10.5. The lowest BCUT2D eigenvalue weighted by atomic mass is 9.96. The number of hydrogen-bond donors (Lipinski definition) is 0. The molecule has 1 aliphatic heterocycles. The maximum absolute atomic E-state index is 12.5. The van der Waals surface area contributed by atoms with Crippen LogP contribution < -0.4 is 0 Å². The van der Waals surface area contributed by atoms with E-state index in [1.54, 1.807) is 18.1 Å². The molecule has 0 aromatic carbocycles. The summed E-state index contributed by atoms with van der Waals surface area (Å²) in [4.78, 5) is 23.0. The van der Waals surface area contributed by atoms with E-state index in [9.17, 15) is 4.79 Å². The first-order chi connectivity index (χ1) is 12.3. The first kappa shape index (κ1) is 17.6. The lowest BCUT2D eigenvalue weighted by Gasteiger charge is -2.32. The normalized spacial score (nSPS) is 17.8. The molecule has 1 amide bonds. The molecule has 0 spiro atoms. The molecule has 1 fully saturated rings. The number of rotatable bonds is 8. The van der Waals surface area contributed by atoms with E-state index >= 15 is 0 Å². The molecule has 0 N–H and O–H groups in total. The van der Waals surface area contributed by atoms with Crippen molar-refractivity contribution in [3.8, 4) is 0 Å². The number of piperidine rings is 1. The minimum absolute atomic E-state index is 0.222. The summed E-state index contributed by atoms with van der Waals surface area (Å²) >= 11 is 0. The minimum atomic E-state index is 0.222. The minimum Gasteiger partial charge on any atom is -0.383 e. The molecule has 1 atom stereocenters. The Kier molecular flexibility index (Phi) is 6.16. The fourth-order valence-electron chi connectivity index (χ4n) is 3.37. The largest absolute Gasteiger partial charge is 0.383 e. The monoisotopic (exact) mass is 346 g/mol. The number of carbonyl (C=O) groups is 1. The van der Waals surface area contributed by atoms with Crippen LogP contribution in [-0.2, 0) is 22.6 Å². The van der Waals surface area contributed by atoms with Crippen molar-refractivity contribution >= 4 is 5.91 Å². The quantitative estimate of drug-likeness (QED) is 0.720. The lowest BCUT2D eigenvalue weighted by molar-refractivity contribution is -0.132. The molecule has 8 heteroatoms. The van der Waals surface area contributed by atoms with Gasteiger partial charge in [0.1, 0.15) is 18.5 Å². The zero-order valence-corrected chi connectivity index (χ0v) is 14.8. The van der Waals surface area contributed by atoms with E-state index in [0.29, 0.717) is 18.9 Å². The van der Waals surface area contributed by atoms with Gasteiger partial charge < -0.3 is 14.2 Å². The summed E-state index contributed by atoms with van der Waals surface area (Å²) in [7, 11) is 1.71.